The second-order valence-corrected chi connectivity index (χ2v) is 9.28. The Kier molecular flexibility index (Phi) is 5.47. The van der Waals surface area contributed by atoms with E-state index in [-0.39, 0.29) is 23.6 Å². The lowest BCUT2D eigenvalue weighted by Crippen LogP contribution is -2.48. The molecule has 4 atom stereocenters. The molecule has 2 saturated heterocycles. The molecule has 2 aromatic rings. The molecule has 32 heavy (non-hydrogen) atoms. The topological polar surface area (TPSA) is 66.9 Å². The quantitative estimate of drug-likeness (QED) is 0.349. The molecular formula is C25H23BrN2O4. The van der Waals surface area contributed by atoms with Crippen molar-refractivity contribution in [2.24, 2.45) is 11.8 Å². The highest BCUT2D eigenvalue weighted by Gasteiger charge is 2.63. The normalized spacial score (nSPS) is 25.7. The van der Waals surface area contributed by atoms with Gasteiger partial charge in [-0.2, -0.15) is 0 Å². The van der Waals surface area contributed by atoms with Gasteiger partial charge in [-0.3, -0.25) is 19.3 Å². The maximum Gasteiger partial charge on any atom is 0.235 e. The zero-order valence-corrected chi connectivity index (χ0v) is 19.2. The van der Waals surface area contributed by atoms with E-state index < -0.39 is 17.9 Å². The minimum absolute atomic E-state index is 0.132. The number of imide groups is 1. The Morgan fingerprint density at radius 3 is 2.56 bits per heavy atom. The number of carbonyl (C=O) groups excluding carboxylic acids is 3. The molecule has 6 nitrogen and oxygen atoms in total. The zero-order chi connectivity index (χ0) is 22.4. The van der Waals surface area contributed by atoms with E-state index in [0.29, 0.717) is 25.1 Å². The first-order chi connectivity index (χ1) is 15.5. The molecule has 0 aromatic heterocycles. The number of carbonyl (C=O) groups is 3. The monoisotopic (exact) mass is 494 g/mol. The highest BCUT2D eigenvalue weighted by atomic mass is 79.9. The number of amides is 2. The van der Waals surface area contributed by atoms with E-state index in [2.05, 4.69) is 15.9 Å². The molecule has 164 valence electrons. The van der Waals surface area contributed by atoms with E-state index >= 15 is 0 Å². The molecule has 0 saturated carbocycles. The highest BCUT2D eigenvalue weighted by Crippen LogP contribution is 2.49. The number of rotatable bonds is 6. The largest absolute Gasteiger partial charge is 0.385 e. The molecule has 3 aliphatic heterocycles. The lowest BCUT2D eigenvalue weighted by Gasteiger charge is -2.36. The third kappa shape index (κ3) is 3.22. The number of hydrogen-bond donors (Lipinski definition) is 0. The molecule has 2 aromatic carbocycles. The van der Waals surface area contributed by atoms with Crippen LogP contribution in [0.1, 0.15) is 22.3 Å². The second-order valence-electron chi connectivity index (χ2n) is 8.36. The summed E-state index contributed by atoms with van der Waals surface area (Å²) in [5.41, 5.74) is 2.37. The van der Waals surface area contributed by atoms with E-state index in [9.17, 15) is 14.4 Å². The first-order valence-corrected chi connectivity index (χ1v) is 11.5. The molecule has 7 heteroatoms. The minimum Gasteiger partial charge on any atom is -0.385 e. The number of likely N-dealkylation sites (tertiary alicyclic amines) is 1. The number of benzene rings is 2. The molecule has 2 fully saturated rings. The number of halogens is 1. The molecule has 0 spiro atoms. The molecule has 0 N–H and O–H groups in total. The molecule has 5 rings (SSSR count). The summed E-state index contributed by atoms with van der Waals surface area (Å²) < 4.78 is 6.02. The predicted octanol–water partition coefficient (Wildman–Crippen LogP) is 3.55. The molecule has 0 bridgehead atoms. The zero-order valence-electron chi connectivity index (χ0n) is 17.6. The van der Waals surface area contributed by atoms with Crippen molar-refractivity contribution in [2.75, 3.05) is 25.2 Å². The standard InChI is InChI=1S/C25H23BrN2O4/c1-32-13-5-12-27-24(30)20-19-10-8-16-14-17(26)9-11-18(16)28(19)22(21(20)25(27)31)23(29)15-6-3-2-4-7-15/h2-4,6-11,14,19-22H,5,12-13H2,1H3/t19-,20-,21-,22+/m0/s1. The summed E-state index contributed by atoms with van der Waals surface area (Å²) in [4.78, 5) is 44.0. The van der Waals surface area contributed by atoms with Gasteiger partial charge < -0.3 is 9.64 Å². The Bertz CT molecular complexity index is 1120. The highest BCUT2D eigenvalue weighted by molar-refractivity contribution is 9.10. The third-order valence-electron chi connectivity index (χ3n) is 6.62. The van der Waals surface area contributed by atoms with Crippen molar-refractivity contribution in [1.29, 1.82) is 0 Å². The van der Waals surface area contributed by atoms with Crippen LogP contribution in [0.3, 0.4) is 0 Å². The third-order valence-corrected chi connectivity index (χ3v) is 7.11. The number of ketones is 1. The van der Waals surface area contributed by atoms with Crippen molar-refractivity contribution < 1.29 is 19.1 Å². The number of Topliss-reactive ketones (excluding diaryl/α,β-unsaturated/α-hetero) is 1. The van der Waals surface area contributed by atoms with Crippen molar-refractivity contribution in [3.63, 3.8) is 0 Å². The fourth-order valence-corrected chi connectivity index (χ4v) is 5.65. The van der Waals surface area contributed by atoms with Gasteiger partial charge in [0.1, 0.15) is 6.04 Å². The molecule has 0 aliphatic carbocycles. The van der Waals surface area contributed by atoms with Crippen LogP contribution in [0.5, 0.6) is 0 Å². The van der Waals surface area contributed by atoms with Gasteiger partial charge in [-0.1, -0.05) is 58.4 Å². The lowest BCUT2D eigenvalue weighted by atomic mass is 9.86. The van der Waals surface area contributed by atoms with E-state index in [0.717, 1.165) is 15.7 Å². The first-order valence-electron chi connectivity index (χ1n) is 10.7. The number of methoxy groups -OCH3 is 1. The average Bonchev–Trinajstić information content (AvgIpc) is 3.27. The van der Waals surface area contributed by atoms with Gasteiger partial charge in [0.05, 0.1) is 17.9 Å². The van der Waals surface area contributed by atoms with Crippen LogP contribution in [0.15, 0.2) is 59.1 Å². The Labute approximate surface area is 195 Å². The van der Waals surface area contributed by atoms with Crippen molar-refractivity contribution in [2.45, 2.75) is 18.5 Å². The summed E-state index contributed by atoms with van der Waals surface area (Å²) in [5, 5.41) is 0. The van der Waals surface area contributed by atoms with E-state index in [1.807, 2.05) is 53.5 Å². The number of anilines is 1. The lowest BCUT2D eigenvalue weighted by molar-refractivity contribution is -0.140. The molecular weight excluding hydrogens is 472 g/mol. The summed E-state index contributed by atoms with van der Waals surface area (Å²) in [5.74, 6) is -1.86. The number of nitrogens with zero attached hydrogens (tertiary/aromatic N) is 2. The fourth-order valence-electron chi connectivity index (χ4n) is 5.27. The van der Waals surface area contributed by atoms with E-state index in [1.54, 1.807) is 19.2 Å². The van der Waals surface area contributed by atoms with Gasteiger partial charge in [-0.25, -0.2) is 0 Å². The number of fused-ring (bicyclic) bond motifs is 5. The van der Waals surface area contributed by atoms with Crippen molar-refractivity contribution in [1.82, 2.24) is 4.90 Å². The van der Waals surface area contributed by atoms with Gasteiger partial charge >= 0.3 is 0 Å². The summed E-state index contributed by atoms with van der Waals surface area (Å²) >= 11 is 3.50. The fraction of sp³-hybridized carbons (Fsp3) is 0.320. The van der Waals surface area contributed by atoms with E-state index in [1.165, 1.54) is 4.90 Å². The predicted molar refractivity (Wildman–Crippen MR) is 124 cm³/mol. The summed E-state index contributed by atoms with van der Waals surface area (Å²) in [6, 6.07) is 13.8. The Morgan fingerprint density at radius 1 is 1.06 bits per heavy atom. The Balaban J connectivity index is 1.59. The van der Waals surface area contributed by atoms with Crippen LogP contribution in [-0.4, -0.2) is 54.8 Å². The first kappa shape index (κ1) is 21.1. The van der Waals surface area contributed by atoms with Gasteiger partial charge in [-0.15, -0.1) is 0 Å². The van der Waals surface area contributed by atoms with Crippen molar-refractivity contribution in [3.8, 4) is 0 Å². The molecule has 3 aliphatic rings. The number of ether oxygens (including phenoxy) is 1. The SMILES string of the molecule is COCCCN1C(=O)[C@@H]2[C@H](C1=O)[C@H](C(=O)c1ccccc1)N1c3ccc(Br)cc3C=C[C@@H]21. The van der Waals surface area contributed by atoms with Crippen LogP contribution in [-0.2, 0) is 14.3 Å². The van der Waals surface area contributed by atoms with Gasteiger partial charge in [0.25, 0.3) is 0 Å². The van der Waals surface area contributed by atoms with Crippen molar-refractivity contribution in [3.05, 3.63) is 70.2 Å². The smallest absolute Gasteiger partial charge is 0.235 e. The Morgan fingerprint density at radius 2 is 1.81 bits per heavy atom. The van der Waals surface area contributed by atoms with Gasteiger partial charge in [0.2, 0.25) is 11.8 Å². The van der Waals surface area contributed by atoms with E-state index in [4.69, 9.17) is 4.74 Å². The maximum absolute atomic E-state index is 13.8. The van der Waals surface area contributed by atoms with Gasteiger partial charge in [0.15, 0.2) is 5.78 Å². The summed E-state index contributed by atoms with van der Waals surface area (Å²) in [7, 11) is 1.59. The van der Waals surface area contributed by atoms with Gasteiger partial charge in [-0.05, 0) is 30.2 Å². The molecule has 3 heterocycles. The maximum atomic E-state index is 13.8. The van der Waals surface area contributed by atoms with Crippen molar-refractivity contribution >= 4 is 45.3 Å². The van der Waals surface area contributed by atoms with Crippen LogP contribution in [0.2, 0.25) is 0 Å². The molecule has 0 unspecified atom stereocenters. The van der Waals surface area contributed by atoms with Crippen LogP contribution < -0.4 is 4.90 Å². The summed E-state index contributed by atoms with van der Waals surface area (Å²) in [6.45, 7) is 0.779. The van der Waals surface area contributed by atoms with Gasteiger partial charge in [0, 0.05) is 36.0 Å². The van der Waals surface area contributed by atoms with Crippen LogP contribution in [0, 0.1) is 11.8 Å². The minimum atomic E-state index is -0.735. The van der Waals surface area contributed by atoms with Crippen LogP contribution in [0.4, 0.5) is 5.69 Å². The Hall–Kier alpha value is -2.77. The van der Waals surface area contributed by atoms with Crippen LogP contribution in [0.25, 0.3) is 6.08 Å². The van der Waals surface area contributed by atoms with Crippen LogP contribution >= 0.6 is 15.9 Å². The molecule has 0 radical (unpaired) electrons. The molecule has 2 amide bonds. The average molecular weight is 495 g/mol. The second kappa shape index (κ2) is 8.30. The number of hydrogen-bond acceptors (Lipinski definition) is 5. The summed E-state index contributed by atoms with van der Waals surface area (Å²) in [6.07, 6.45) is 4.53.